The number of thioether (sulfide) groups is 1. The molecule has 0 aliphatic heterocycles. The van der Waals surface area contributed by atoms with Gasteiger partial charge in [-0.05, 0) is 44.0 Å². The largest absolute Gasteiger partial charge is 0.325 e. The Hall–Kier alpha value is -2.15. The number of carbonyl (C=O) groups excluding carboxylic acids is 1. The van der Waals surface area contributed by atoms with E-state index in [2.05, 4.69) is 22.1 Å². The highest BCUT2D eigenvalue weighted by Gasteiger charge is 2.30. The summed E-state index contributed by atoms with van der Waals surface area (Å²) in [7, 11) is 0. The second kappa shape index (κ2) is 7.17. The van der Waals surface area contributed by atoms with Crippen LogP contribution in [0.1, 0.15) is 31.5 Å². The molecule has 1 fully saturated rings. The van der Waals surface area contributed by atoms with Crippen LogP contribution in [0.2, 0.25) is 0 Å². The Labute approximate surface area is 144 Å². The summed E-state index contributed by atoms with van der Waals surface area (Å²) in [5.41, 5.74) is 0.570. The van der Waals surface area contributed by atoms with E-state index < -0.39 is 0 Å². The van der Waals surface area contributed by atoms with Gasteiger partial charge < -0.3 is 9.88 Å². The Morgan fingerprint density at radius 3 is 2.79 bits per heavy atom. The molecule has 24 heavy (non-hydrogen) atoms. The Balaban J connectivity index is 1.67. The Kier molecular flexibility index (Phi) is 4.99. The van der Waals surface area contributed by atoms with Gasteiger partial charge in [-0.1, -0.05) is 17.8 Å². The molecule has 0 bridgehead atoms. The van der Waals surface area contributed by atoms with Crippen LogP contribution >= 0.6 is 11.8 Å². The van der Waals surface area contributed by atoms with E-state index in [4.69, 9.17) is 0 Å². The zero-order chi connectivity index (χ0) is 17.1. The SMILES string of the molecule is C=CCn1c(SC(C)C(=O)Nc2ccc(F)cc2)nnc1C1CC1. The molecule has 1 saturated carbocycles. The van der Waals surface area contributed by atoms with Crippen LogP contribution in [0.3, 0.4) is 0 Å². The van der Waals surface area contributed by atoms with Crippen molar-refractivity contribution in [1.82, 2.24) is 14.8 Å². The first-order valence-corrected chi connectivity index (χ1v) is 8.73. The number of benzene rings is 1. The fraction of sp³-hybridized carbons (Fsp3) is 0.353. The molecule has 1 aliphatic carbocycles. The maximum atomic E-state index is 12.9. The molecule has 0 radical (unpaired) electrons. The number of nitrogens with zero attached hydrogens (tertiary/aromatic N) is 3. The quantitative estimate of drug-likeness (QED) is 0.615. The van der Waals surface area contributed by atoms with Gasteiger partial charge in [0.1, 0.15) is 11.6 Å². The molecule has 7 heteroatoms. The van der Waals surface area contributed by atoms with E-state index in [0.29, 0.717) is 18.2 Å². The molecule has 1 N–H and O–H groups in total. The van der Waals surface area contributed by atoms with E-state index in [9.17, 15) is 9.18 Å². The van der Waals surface area contributed by atoms with Crippen LogP contribution in [-0.4, -0.2) is 25.9 Å². The van der Waals surface area contributed by atoms with Gasteiger partial charge in [-0.3, -0.25) is 4.79 Å². The van der Waals surface area contributed by atoms with Gasteiger partial charge in [-0.2, -0.15) is 0 Å². The monoisotopic (exact) mass is 346 g/mol. The summed E-state index contributed by atoms with van der Waals surface area (Å²) >= 11 is 1.36. The fourth-order valence-corrected chi connectivity index (χ4v) is 3.19. The average molecular weight is 346 g/mol. The molecule has 0 saturated heterocycles. The van der Waals surface area contributed by atoms with E-state index in [1.807, 2.05) is 17.6 Å². The molecule has 1 aliphatic rings. The zero-order valence-corrected chi connectivity index (χ0v) is 14.2. The van der Waals surface area contributed by atoms with Crippen LogP contribution in [0.25, 0.3) is 0 Å². The fourth-order valence-electron chi connectivity index (χ4n) is 2.32. The van der Waals surface area contributed by atoms with Crippen molar-refractivity contribution >= 4 is 23.4 Å². The van der Waals surface area contributed by atoms with E-state index in [1.54, 1.807) is 0 Å². The second-order valence-corrected chi connectivity index (χ2v) is 7.08. The van der Waals surface area contributed by atoms with Crippen LogP contribution < -0.4 is 5.32 Å². The first kappa shape index (κ1) is 16.7. The van der Waals surface area contributed by atoms with Gasteiger partial charge in [0.2, 0.25) is 5.91 Å². The van der Waals surface area contributed by atoms with Crippen LogP contribution in [0.4, 0.5) is 10.1 Å². The molecule has 5 nitrogen and oxygen atoms in total. The summed E-state index contributed by atoms with van der Waals surface area (Å²) in [6.07, 6.45) is 4.09. The van der Waals surface area contributed by atoms with Crippen molar-refractivity contribution in [3.05, 3.63) is 48.6 Å². The topological polar surface area (TPSA) is 59.8 Å². The highest BCUT2D eigenvalue weighted by atomic mass is 32.2. The first-order valence-electron chi connectivity index (χ1n) is 7.85. The number of anilines is 1. The number of carbonyl (C=O) groups is 1. The molecule has 126 valence electrons. The minimum absolute atomic E-state index is 0.160. The van der Waals surface area contributed by atoms with Crippen molar-refractivity contribution in [3.63, 3.8) is 0 Å². The molecule has 0 spiro atoms. The van der Waals surface area contributed by atoms with Gasteiger partial charge >= 0.3 is 0 Å². The highest BCUT2D eigenvalue weighted by Crippen LogP contribution is 2.40. The van der Waals surface area contributed by atoms with Crippen molar-refractivity contribution < 1.29 is 9.18 Å². The smallest absolute Gasteiger partial charge is 0.237 e. The van der Waals surface area contributed by atoms with E-state index in [1.165, 1.54) is 36.0 Å². The average Bonchev–Trinajstić information content (AvgIpc) is 3.34. The van der Waals surface area contributed by atoms with Crippen LogP contribution in [0.15, 0.2) is 42.1 Å². The van der Waals surface area contributed by atoms with E-state index in [-0.39, 0.29) is 17.0 Å². The number of amides is 1. The summed E-state index contributed by atoms with van der Waals surface area (Å²) in [6.45, 7) is 6.22. The normalized spacial score (nSPS) is 15.1. The molecule has 1 aromatic carbocycles. The number of hydrogen-bond donors (Lipinski definition) is 1. The zero-order valence-electron chi connectivity index (χ0n) is 13.4. The third kappa shape index (κ3) is 3.84. The molecule has 1 heterocycles. The summed E-state index contributed by atoms with van der Waals surface area (Å²) in [5, 5.41) is 11.7. The number of allylic oxidation sites excluding steroid dienone is 1. The second-order valence-electron chi connectivity index (χ2n) is 5.77. The molecule has 1 unspecified atom stereocenters. The lowest BCUT2D eigenvalue weighted by atomic mass is 10.3. The molecule has 1 amide bonds. The van der Waals surface area contributed by atoms with Crippen LogP contribution in [0, 0.1) is 5.82 Å². The molecule has 1 aromatic heterocycles. The van der Waals surface area contributed by atoms with Crippen LogP contribution in [0.5, 0.6) is 0 Å². The van der Waals surface area contributed by atoms with E-state index >= 15 is 0 Å². The third-order valence-corrected chi connectivity index (χ3v) is 4.84. The minimum Gasteiger partial charge on any atom is -0.325 e. The van der Waals surface area contributed by atoms with E-state index in [0.717, 1.165) is 23.8 Å². The van der Waals surface area contributed by atoms with Gasteiger partial charge in [-0.15, -0.1) is 16.8 Å². The lowest BCUT2D eigenvalue weighted by Gasteiger charge is -2.12. The Morgan fingerprint density at radius 1 is 1.46 bits per heavy atom. The number of rotatable bonds is 7. The van der Waals surface area contributed by atoms with Gasteiger partial charge in [-0.25, -0.2) is 4.39 Å². The standard InChI is InChI=1S/C17H19FN4OS/c1-3-10-22-15(12-4-5-12)20-21-17(22)24-11(2)16(23)19-14-8-6-13(18)7-9-14/h3,6-9,11-12H,1,4-5,10H2,2H3,(H,19,23). The van der Waals surface area contributed by atoms with Gasteiger partial charge in [0, 0.05) is 18.2 Å². The molecular formula is C17H19FN4OS. The first-order chi connectivity index (χ1) is 11.6. The van der Waals surface area contributed by atoms with Crippen molar-refractivity contribution in [1.29, 1.82) is 0 Å². The number of halogens is 1. The van der Waals surface area contributed by atoms with Crippen molar-refractivity contribution in [2.45, 2.75) is 42.6 Å². The summed E-state index contributed by atoms with van der Waals surface area (Å²) < 4.78 is 14.9. The summed E-state index contributed by atoms with van der Waals surface area (Å²) in [6, 6.07) is 5.71. The summed E-state index contributed by atoms with van der Waals surface area (Å²) in [4.78, 5) is 12.3. The maximum Gasteiger partial charge on any atom is 0.237 e. The highest BCUT2D eigenvalue weighted by molar-refractivity contribution is 8.00. The molecular weight excluding hydrogens is 327 g/mol. The van der Waals surface area contributed by atoms with Gasteiger partial charge in [0.15, 0.2) is 5.16 Å². The lowest BCUT2D eigenvalue weighted by molar-refractivity contribution is -0.115. The van der Waals surface area contributed by atoms with Crippen molar-refractivity contribution in [2.75, 3.05) is 5.32 Å². The number of nitrogens with one attached hydrogen (secondary N) is 1. The predicted molar refractivity (Wildman–Crippen MR) is 92.5 cm³/mol. The van der Waals surface area contributed by atoms with Crippen LogP contribution in [-0.2, 0) is 11.3 Å². The third-order valence-electron chi connectivity index (χ3n) is 3.76. The van der Waals surface area contributed by atoms with Gasteiger partial charge in [0.25, 0.3) is 0 Å². The number of hydrogen-bond acceptors (Lipinski definition) is 4. The molecule has 2 aromatic rings. The lowest BCUT2D eigenvalue weighted by Crippen LogP contribution is -2.23. The minimum atomic E-state index is -0.352. The van der Waals surface area contributed by atoms with Gasteiger partial charge in [0.05, 0.1) is 5.25 Å². The Bertz CT molecular complexity index is 740. The summed E-state index contributed by atoms with van der Waals surface area (Å²) in [5.74, 6) is 0.965. The van der Waals surface area contributed by atoms with Crippen molar-refractivity contribution in [2.24, 2.45) is 0 Å². The maximum absolute atomic E-state index is 12.9. The molecule has 1 atom stereocenters. The van der Waals surface area contributed by atoms with Crippen molar-refractivity contribution in [3.8, 4) is 0 Å². The number of aromatic nitrogens is 3. The predicted octanol–water partition coefficient (Wildman–Crippen LogP) is 3.60. The Morgan fingerprint density at radius 2 is 2.17 bits per heavy atom. The molecule has 3 rings (SSSR count).